The highest BCUT2D eigenvalue weighted by Gasteiger charge is 2.28. The van der Waals surface area contributed by atoms with Gasteiger partial charge < -0.3 is 15.0 Å². The first-order chi connectivity index (χ1) is 11.6. The van der Waals surface area contributed by atoms with Gasteiger partial charge in [-0.15, -0.1) is 0 Å². The summed E-state index contributed by atoms with van der Waals surface area (Å²) < 4.78 is 5.81. The van der Waals surface area contributed by atoms with Crippen LogP contribution in [0.3, 0.4) is 0 Å². The summed E-state index contributed by atoms with van der Waals surface area (Å²) >= 11 is 0. The Morgan fingerprint density at radius 1 is 1.17 bits per heavy atom. The van der Waals surface area contributed by atoms with Gasteiger partial charge in [0, 0.05) is 20.0 Å². The van der Waals surface area contributed by atoms with Crippen molar-refractivity contribution < 1.29 is 14.3 Å². The largest absolute Gasteiger partial charge is 0.488 e. The summed E-state index contributed by atoms with van der Waals surface area (Å²) in [6, 6.07) is 16.8. The van der Waals surface area contributed by atoms with Crippen molar-refractivity contribution in [2.45, 2.75) is 19.1 Å². The highest BCUT2D eigenvalue weighted by atomic mass is 16.5. The van der Waals surface area contributed by atoms with Crippen LogP contribution < -0.4 is 10.1 Å². The second kappa shape index (κ2) is 7.17. The van der Waals surface area contributed by atoms with Crippen molar-refractivity contribution in [2.24, 2.45) is 0 Å². The lowest BCUT2D eigenvalue weighted by atomic mass is 10.1. The van der Waals surface area contributed by atoms with Crippen molar-refractivity contribution >= 4 is 11.8 Å². The van der Waals surface area contributed by atoms with Crippen molar-refractivity contribution in [1.29, 1.82) is 0 Å². The maximum absolute atomic E-state index is 12.5. The molecule has 1 heterocycles. The van der Waals surface area contributed by atoms with Crippen LogP contribution in [0, 0.1) is 0 Å². The van der Waals surface area contributed by atoms with Gasteiger partial charge in [0.25, 0.3) is 5.91 Å². The number of nitrogens with one attached hydrogen (secondary N) is 1. The number of hydrogen-bond acceptors (Lipinski definition) is 3. The number of likely N-dealkylation sites (N-methyl/N-ethyl adjacent to an activating group) is 1. The molecule has 2 aromatic carbocycles. The maximum atomic E-state index is 12.5. The van der Waals surface area contributed by atoms with E-state index in [1.165, 1.54) is 0 Å². The van der Waals surface area contributed by atoms with Gasteiger partial charge in [0.15, 0.2) is 0 Å². The van der Waals surface area contributed by atoms with Crippen molar-refractivity contribution in [1.82, 2.24) is 10.2 Å². The highest BCUT2D eigenvalue weighted by molar-refractivity contribution is 5.97. The topological polar surface area (TPSA) is 58.6 Å². The van der Waals surface area contributed by atoms with Crippen LogP contribution in [0.15, 0.2) is 54.6 Å². The molecule has 0 spiro atoms. The second-order valence-corrected chi connectivity index (χ2v) is 5.92. The van der Waals surface area contributed by atoms with Crippen molar-refractivity contribution in [3.05, 3.63) is 65.7 Å². The Labute approximate surface area is 141 Å². The van der Waals surface area contributed by atoms with Crippen LogP contribution in [0.1, 0.15) is 22.3 Å². The van der Waals surface area contributed by atoms with E-state index in [0.29, 0.717) is 30.9 Å². The van der Waals surface area contributed by atoms with Crippen LogP contribution in [0.4, 0.5) is 0 Å². The third-order valence-corrected chi connectivity index (χ3v) is 4.05. The quantitative estimate of drug-likeness (QED) is 0.917. The zero-order valence-electron chi connectivity index (χ0n) is 13.6. The minimum atomic E-state index is -0.216. The molecule has 124 valence electrons. The SMILES string of the molecule is CN1C[C@@H](NC(=O)c2ccccc2OCc2ccccc2)CC1=O. The number of nitrogens with zero attached hydrogens (tertiary/aromatic N) is 1. The second-order valence-electron chi connectivity index (χ2n) is 5.92. The van der Waals surface area contributed by atoms with Gasteiger partial charge in [-0.3, -0.25) is 9.59 Å². The number of likely N-dealkylation sites (tertiary alicyclic amines) is 1. The number of ether oxygens (including phenoxy) is 1. The summed E-state index contributed by atoms with van der Waals surface area (Å²) in [5.41, 5.74) is 1.52. The molecule has 0 aliphatic carbocycles. The summed E-state index contributed by atoms with van der Waals surface area (Å²) in [7, 11) is 1.74. The standard InChI is InChI=1S/C19H20N2O3/c1-21-12-15(11-18(21)22)20-19(23)16-9-5-6-10-17(16)24-13-14-7-3-2-4-8-14/h2-10,15H,11-13H2,1H3,(H,20,23)/t15-/m0/s1. The van der Waals surface area contributed by atoms with E-state index in [0.717, 1.165) is 5.56 Å². The summed E-state index contributed by atoms with van der Waals surface area (Å²) in [6.07, 6.45) is 0.343. The monoisotopic (exact) mass is 324 g/mol. The first-order valence-corrected chi connectivity index (χ1v) is 7.94. The summed E-state index contributed by atoms with van der Waals surface area (Å²) in [6.45, 7) is 0.938. The van der Waals surface area contributed by atoms with Crippen LogP contribution >= 0.6 is 0 Å². The van der Waals surface area contributed by atoms with Gasteiger partial charge in [0.2, 0.25) is 5.91 Å². The fourth-order valence-electron chi connectivity index (χ4n) is 2.74. The predicted octanol–water partition coefficient (Wildman–Crippen LogP) is 2.23. The zero-order valence-corrected chi connectivity index (χ0v) is 13.6. The first-order valence-electron chi connectivity index (χ1n) is 7.94. The first kappa shape index (κ1) is 16.1. The van der Waals surface area contributed by atoms with Gasteiger partial charge >= 0.3 is 0 Å². The van der Waals surface area contributed by atoms with Crippen LogP contribution in [-0.2, 0) is 11.4 Å². The maximum Gasteiger partial charge on any atom is 0.255 e. The van der Waals surface area contributed by atoms with Crippen molar-refractivity contribution in [2.75, 3.05) is 13.6 Å². The van der Waals surface area contributed by atoms with E-state index in [-0.39, 0.29) is 17.9 Å². The average Bonchev–Trinajstić information content (AvgIpc) is 2.91. The Morgan fingerprint density at radius 3 is 2.58 bits per heavy atom. The number of rotatable bonds is 5. The van der Waals surface area contributed by atoms with E-state index in [1.807, 2.05) is 36.4 Å². The van der Waals surface area contributed by atoms with Gasteiger partial charge in [-0.05, 0) is 17.7 Å². The van der Waals surface area contributed by atoms with Gasteiger partial charge in [0.1, 0.15) is 12.4 Å². The third-order valence-electron chi connectivity index (χ3n) is 4.05. The molecular weight excluding hydrogens is 304 g/mol. The lowest BCUT2D eigenvalue weighted by Gasteiger charge is -2.15. The molecule has 5 nitrogen and oxygen atoms in total. The number of amides is 2. The fraction of sp³-hybridized carbons (Fsp3) is 0.263. The Balaban J connectivity index is 1.67. The molecule has 2 aromatic rings. The number of carbonyl (C=O) groups excluding carboxylic acids is 2. The van der Waals surface area contributed by atoms with Crippen LogP contribution in [-0.4, -0.2) is 36.3 Å². The Hall–Kier alpha value is -2.82. The van der Waals surface area contributed by atoms with E-state index in [2.05, 4.69) is 5.32 Å². The molecule has 0 saturated carbocycles. The molecule has 1 atom stereocenters. The van der Waals surface area contributed by atoms with E-state index in [4.69, 9.17) is 4.74 Å². The molecule has 1 N–H and O–H groups in total. The Bertz CT molecular complexity index is 730. The molecule has 0 unspecified atom stereocenters. The molecule has 1 fully saturated rings. The third kappa shape index (κ3) is 3.74. The van der Waals surface area contributed by atoms with Gasteiger partial charge in [0.05, 0.1) is 11.6 Å². The van der Waals surface area contributed by atoms with E-state index < -0.39 is 0 Å². The van der Waals surface area contributed by atoms with Crippen molar-refractivity contribution in [3.63, 3.8) is 0 Å². The molecule has 1 aliphatic heterocycles. The lowest BCUT2D eigenvalue weighted by Crippen LogP contribution is -2.36. The van der Waals surface area contributed by atoms with E-state index in [9.17, 15) is 9.59 Å². The molecule has 0 aromatic heterocycles. The fourth-order valence-corrected chi connectivity index (χ4v) is 2.74. The minimum absolute atomic E-state index is 0.0499. The molecule has 0 bridgehead atoms. The molecule has 0 radical (unpaired) electrons. The molecule has 3 rings (SSSR count). The zero-order chi connectivity index (χ0) is 16.9. The molecule has 1 saturated heterocycles. The molecule has 2 amide bonds. The van der Waals surface area contributed by atoms with Gasteiger partial charge in [-0.2, -0.15) is 0 Å². The van der Waals surface area contributed by atoms with Gasteiger partial charge in [-0.1, -0.05) is 42.5 Å². The number of carbonyl (C=O) groups is 2. The lowest BCUT2D eigenvalue weighted by molar-refractivity contribution is -0.126. The Morgan fingerprint density at radius 2 is 1.88 bits per heavy atom. The Kier molecular flexibility index (Phi) is 4.79. The molecule has 5 heteroatoms. The average molecular weight is 324 g/mol. The normalized spacial score (nSPS) is 17.0. The number of para-hydroxylation sites is 1. The van der Waals surface area contributed by atoms with Crippen LogP contribution in [0.25, 0.3) is 0 Å². The van der Waals surface area contributed by atoms with Crippen LogP contribution in [0.5, 0.6) is 5.75 Å². The minimum Gasteiger partial charge on any atom is -0.488 e. The van der Waals surface area contributed by atoms with Gasteiger partial charge in [-0.25, -0.2) is 0 Å². The van der Waals surface area contributed by atoms with E-state index in [1.54, 1.807) is 30.1 Å². The summed E-state index contributed by atoms with van der Waals surface area (Å²) in [4.78, 5) is 25.7. The predicted molar refractivity (Wildman–Crippen MR) is 90.7 cm³/mol. The smallest absolute Gasteiger partial charge is 0.255 e. The highest BCUT2D eigenvalue weighted by Crippen LogP contribution is 2.20. The van der Waals surface area contributed by atoms with Crippen molar-refractivity contribution in [3.8, 4) is 5.75 Å². The van der Waals surface area contributed by atoms with Crippen LogP contribution in [0.2, 0.25) is 0 Å². The molecule has 1 aliphatic rings. The summed E-state index contributed by atoms with van der Waals surface area (Å²) in [5, 5.41) is 2.91. The van der Waals surface area contributed by atoms with E-state index >= 15 is 0 Å². The molecular formula is C19H20N2O3. The summed E-state index contributed by atoms with van der Waals surface area (Å²) in [5.74, 6) is 0.372. The number of hydrogen-bond donors (Lipinski definition) is 1. The molecule has 24 heavy (non-hydrogen) atoms. The number of benzene rings is 2.